The van der Waals surface area contributed by atoms with Gasteiger partial charge in [-0.15, -0.1) is 0 Å². The van der Waals surface area contributed by atoms with Crippen molar-refractivity contribution in [3.8, 4) is 17.1 Å². The Bertz CT molecular complexity index is 764. The van der Waals surface area contributed by atoms with Crippen molar-refractivity contribution in [3.05, 3.63) is 58.0 Å². The molecule has 6 heteroatoms. The number of aromatic nitrogens is 4. The highest BCUT2D eigenvalue weighted by Gasteiger charge is 2.12. The molecular weight excluding hydrogens is 324 g/mol. The van der Waals surface area contributed by atoms with Crippen molar-refractivity contribution in [1.29, 1.82) is 0 Å². The van der Waals surface area contributed by atoms with Crippen LogP contribution in [-0.2, 0) is 0 Å². The number of para-hydroxylation sites is 1. The summed E-state index contributed by atoms with van der Waals surface area (Å²) in [5.74, 6) is 0.763. The van der Waals surface area contributed by atoms with Crippen LogP contribution in [0.3, 0.4) is 0 Å². The third kappa shape index (κ3) is 2.24. The molecule has 0 radical (unpaired) electrons. The van der Waals surface area contributed by atoms with Gasteiger partial charge in [-0.25, -0.2) is 0 Å². The Kier molecular flexibility index (Phi) is 3.27. The lowest BCUT2D eigenvalue weighted by Gasteiger charge is -2.08. The molecule has 19 heavy (non-hydrogen) atoms. The average molecular weight is 333 g/mol. The van der Waals surface area contributed by atoms with Crippen LogP contribution >= 0.6 is 28.1 Å². The average Bonchev–Trinajstić information content (AvgIpc) is 2.82. The molecule has 0 saturated carbocycles. The maximum absolute atomic E-state index is 5.32. The van der Waals surface area contributed by atoms with Gasteiger partial charge in [-0.2, -0.15) is 5.10 Å². The Morgan fingerprint density at radius 2 is 1.84 bits per heavy atom. The van der Waals surface area contributed by atoms with E-state index in [1.165, 1.54) is 0 Å². The molecule has 0 saturated heterocycles. The number of benzene rings is 1. The minimum atomic E-state index is 0.554. The Labute approximate surface area is 123 Å². The zero-order valence-electron chi connectivity index (χ0n) is 9.75. The summed E-state index contributed by atoms with van der Waals surface area (Å²) in [7, 11) is 0. The predicted molar refractivity (Wildman–Crippen MR) is 79.7 cm³/mol. The number of pyridine rings is 1. The number of hydrogen-bond acceptors (Lipinski definition) is 3. The first-order valence-corrected chi connectivity index (χ1v) is 6.80. The maximum atomic E-state index is 5.32. The van der Waals surface area contributed by atoms with Crippen LogP contribution in [0.1, 0.15) is 0 Å². The van der Waals surface area contributed by atoms with E-state index in [-0.39, 0.29) is 0 Å². The largest absolute Gasteiger partial charge is 0.267 e. The van der Waals surface area contributed by atoms with E-state index in [2.05, 4.69) is 31.1 Å². The quantitative estimate of drug-likeness (QED) is 0.727. The Hall–Kier alpha value is -1.79. The predicted octanol–water partition coefficient (Wildman–Crippen LogP) is 3.75. The fraction of sp³-hybridized carbons (Fsp3) is 0. The van der Waals surface area contributed by atoms with E-state index < -0.39 is 0 Å². The molecule has 1 N–H and O–H groups in total. The lowest BCUT2D eigenvalue weighted by molar-refractivity contribution is 1.03. The van der Waals surface area contributed by atoms with E-state index in [9.17, 15) is 0 Å². The van der Waals surface area contributed by atoms with E-state index in [1.54, 1.807) is 12.4 Å². The molecule has 2 heterocycles. The monoisotopic (exact) mass is 332 g/mol. The zero-order chi connectivity index (χ0) is 13.2. The Morgan fingerprint density at radius 3 is 2.58 bits per heavy atom. The third-order valence-corrected chi connectivity index (χ3v) is 3.65. The van der Waals surface area contributed by atoms with Crippen LogP contribution in [0.2, 0.25) is 0 Å². The van der Waals surface area contributed by atoms with Crippen molar-refractivity contribution < 1.29 is 0 Å². The SMILES string of the molecule is S=c1[nH]nc(-c2ccncc2)n1-c1ccccc1Br. The van der Waals surface area contributed by atoms with Crippen LogP contribution in [0.15, 0.2) is 53.3 Å². The minimum absolute atomic E-state index is 0.554. The molecule has 0 spiro atoms. The highest BCUT2D eigenvalue weighted by molar-refractivity contribution is 9.10. The number of hydrogen-bond donors (Lipinski definition) is 1. The Balaban J connectivity index is 2.26. The molecular formula is C13H9BrN4S. The second kappa shape index (κ2) is 5.07. The molecule has 0 aliphatic heterocycles. The van der Waals surface area contributed by atoms with Crippen molar-refractivity contribution >= 4 is 28.1 Å². The van der Waals surface area contributed by atoms with Gasteiger partial charge in [-0.1, -0.05) is 12.1 Å². The summed E-state index contributed by atoms with van der Waals surface area (Å²) in [5.41, 5.74) is 1.91. The van der Waals surface area contributed by atoms with Gasteiger partial charge >= 0.3 is 0 Å². The van der Waals surface area contributed by atoms with Gasteiger partial charge in [0.1, 0.15) is 0 Å². The summed E-state index contributed by atoms with van der Waals surface area (Å²) in [6.07, 6.45) is 3.47. The molecule has 0 fully saturated rings. The number of aromatic amines is 1. The highest BCUT2D eigenvalue weighted by Crippen LogP contribution is 2.26. The van der Waals surface area contributed by atoms with Crippen molar-refractivity contribution in [1.82, 2.24) is 19.7 Å². The molecule has 0 amide bonds. The summed E-state index contributed by atoms with van der Waals surface area (Å²) < 4.78 is 3.41. The standard InChI is InChI=1S/C13H9BrN4S/c14-10-3-1-2-4-11(10)18-12(16-17-13(18)19)9-5-7-15-8-6-9/h1-8H,(H,17,19). The van der Waals surface area contributed by atoms with Gasteiger partial charge in [0.2, 0.25) is 0 Å². The molecule has 0 atom stereocenters. The number of nitrogens with zero attached hydrogens (tertiary/aromatic N) is 3. The molecule has 2 aromatic heterocycles. The maximum Gasteiger partial charge on any atom is 0.200 e. The van der Waals surface area contributed by atoms with Gasteiger partial charge in [-0.3, -0.25) is 14.6 Å². The number of halogens is 1. The van der Waals surface area contributed by atoms with E-state index in [0.29, 0.717) is 4.77 Å². The van der Waals surface area contributed by atoms with Gasteiger partial charge in [0.05, 0.1) is 5.69 Å². The fourth-order valence-electron chi connectivity index (χ4n) is 1.85. The van der Waals surface area contributed by atoms with Crippen molar-refractivity contribution in [3.63, 3.8) is 0 Å². The first-order valence-electron chi connectivity index (χ1n) is 5.60. The number of nitrogens with one attached hydrogen (secondary N) is 1. The summed E-state index contributed by atoms with van der Waals surface area (Å²) in [6, 6.07) is 11.7. The van der Waals surface area contributed by atoms with Crippen LogP contribution in [0, 0.1) is 4.77 Å². The van der Waals surface area contributed by atoms with Crippen LogP contribution in [0.4, 0.5) is 0 Å². The van der Waals surface area contributed by atoms with E-state index >= 15 is 0 Å². The second-order valence-electron chi connectivity index (χ2n) is 3.88. The van der Waals surface area contributed by atoms with Gasteiger partial charge in [-0.05, 0) is 52.4 Å². The molecule has 0 aliphatic rings. The normalized spacial score (nSPS) is 10.6. The Morgan fingerprint density at radius 1 is 1.11 bits per heavy atom. The third-order valence-electron chi connectivity index (χ3n) is 2.70. The molecule has 3 rings (SSSR count). The van der Waals surface area contributed by atoms with E-state index in [1.807, 2.05) is 41.0 Å². The summed E-state index contributed by atoms with van der Waals surface area (Å²) in [6.45, 7) is 0. The molecule has 0 aliphatic carbocycles. The smallest absolute Gasteiger partial charge is 0.200 e. The van der Waals surface area contributed by atoms with Crippen molar-refractivity contribution in [2.24, 2.45) is 0 Å². The van der Waals surface area contributed by atoms with Gasteiger partial charge in [0, 0.05) is 22.4 Å². The van der Waals surface area contributed by atoms with E-state index in [4.69, 9.17) is 12.2 Å². The van der Waals surface area contributed by atoms with Crippen LogP contribution in [0.5, 0.6) is 0 Å². The van der Waals surface area contributed by atoms with Gasteiger partial charge in [0.25, 0.3) is 0 Å². The second-order valence-corrected chi connectivity index (χ2v) is 5.12. The summed E-state index contributed by atoms with van der Waals surface area (Å²) >= 11 is 8.86. The molecule has 0 unspecified atom stereocenters. The van der Waals surface area contributed by atoms with Crippen LogP contribution in [0.25, 0.3) is 17.1 Å². The zero-order valence-corrected chi connectivity index (χ0v) is 12.1. The van der Waals surface area contributed by atoms with Crippen molar-refractivity contribution in [2.75, 3.05) is 0 Å². The molecule has 4 nitrogen and oxygen atoms in total. The first kappa shape index (κ1) is 12.3. The van der Waals surface area contributed by atoms with Crippen LogP contribution < -0.4 is 0 Å². The summed E-state index contributed by atoms with van der Waals surface area (Å²) in [5, 5.41) is 7.14. The van der Waals surface area contributed by atoms with Crippen LogP contribution in [-0.4, -0.2) is 19.7 Å². The molecule has 3 aromatic rings. The summed E-state index contributed by atoms with van der Waals surface area (Å²) in [4.78, 5) is 4.02. The van der Waals surface area contributed by atoms with E-state index in [0.717, 1.165) is 21.5 Å². The lowest BCUT2D eigenvalue weighted by atomic mass is 10.2. The highest BCUT2D eigenvalue weighted by atomic mass is 79.9. The number of rotatable bonds is 2. The molecule has 0 bridgehead atoms. The molecule has 1 aromatic carbocycles. The first-order chi connectivity index (χ1) is 9.27. The number of H-pyrrole nitrogens is 1. The topological polar surface area (TPSA) is 46.5 Å². The molecule has 94 valence electrons. The van der Waals surface area contributed by atoms with Gasteiger partial charge in [0.15, 0.2) is 10.6 Å². The lowest BCUT2D eigenvalue weighted by Crippen LogP contribution is -1.98. The van der Waals surface area contributed by atoms with Crippen molar-refractivity contribution in [2.45, 2.75) is 0 Å². The fourth-order valence-corrected chi connectivity index (χ4v) is 2.54. The van der Waals surface area contributed by atoms with Gasteiger partial charge < -0.3 is 0 Å². The minimum Gasteiger partial charge on any atom is -0.267 e.